The van der Waals surface area contributed by atoms with Gasteiger partial charge in [-0.2, -0.15) is 16.7 Å². The third-order valence-corrected chi connectivity index (χ3v) is 5.90. The van der Waals surface area contributed by atoms with Crippen LogP contribution in [-0.4, -0.2) is 37.4 Å². The largest absolute Gasteiger partial charge is 0.481 e. The molecule has 112 valence electrons. The van der Waals surface area contributed by atoms with Gasteiger partial charge in [0.2, 0.25) is 0 Å². The summed E-state index contributed by atoms with van der Waals surface area (Å²) in [7, 11) is 0. The molecule has 0 saturated heterocycles. The van der Waals surface area contributed by atoms with Crippen LogP contribution in [0, 0.1) is 0 Å². The zero-order valence-corrected chi connectivity index (χ0v) is 13.6. The molecule has 0 saturated carbocycles. The van der Waals surface area contributed by atoms with E-state index in [1.807, 2.05) is 4.57 Å². The number of thioether (sulfide) groups is 2. The molecular formula is C13H20N2O3S2. The molecule has 0 radical (unpaired) electrons. The molecule has 0 bridgehead atoms. The van der Waals surface area contributed by atoms with Crippen LogP contribution in [0.15, 0.2) is 22.2 Å². The number of carboxylic acid groups (broad SMARTS) is 1. The van der Waals surface area contributed by atoms with Gasteiger partial charge in [0, 0.05) is 23.6 Å². The van der Waals surface area contributed by atoms with Gasteiger partial charge in [-0.3, -0.25) is 9.59 Å². The van der Waals surface area contributed by atoms with Gasteiger partial charge in [0.1, 0.15) is 0 Å². The van der Waals surface area contributed by atoms with Crippen LogP contribution in [0.3, 0.4) is 0 Å². The first-order chi connectivity index (χ1) is 9.46. The summed E-state index contributed by atoms with van der Waals surface area (Å²) < 4.78 is 1.97. The minimum absolute atomic E-state index is 0.0787. The molecule has 0 fully saturated rings. The van der Waals surface area contributed by atoms with E-state index in [9.17, 15) is 9.59 Å². The summed E-state index contributed by atoms with van der Waals surface area (Å²) in [6, 6.07) is 1.42. The van der Waals surface area contributed by atoms with Gasteiger partial charge in [-0.1, -0.05) is 25.6 Å². The van der Waals surface area contributed by atoms with Crippen molar-refractivity contribution in [3.63, 3.8) is 0 Å². The average molecular weight is 316 g/mol. The monoisotopic (exact) mass is 316 g/mol. The molecule has 0 spiro atoms. The fourth-order valence-electron chi connectivity index (χ4n) is 1.91. The van der Waals surface area contributed by atoms with Crippen LogP contribution >= 0.6 is 23.5 Å². The Morgan fingerprint density at radius 1 is 1.45 bits per heavy atom. The Morgan fingerprint density at radius 3 is 2.60 bits per heavy atom. The highest BCUT2D eigenvalue weighted by molar-refractivity contribution is 8.00. The number of aromatic nitrogens is 2. The van der Waals surface area contributed by atoms with Crippen molar-refractivity contribution in [3.8, 4) is 0 Å². The first kappa shape index (κ1) is 17.1. The quantitative estimate of drug-likeness (QED) is 0.586. The lowest BCUT2D eigenvalue weighted by Gasteiger charge is -2.31. The highest BCUT2D eigenvalue weighted by Gasteiger charge is 2.26. The molecule has 1 aromatic heterocycles. The summed E-state index contributed by atoms with van der Waals surface area (Å²) in [5.41, 5.74) is -0.336. The van der Waals surface area contributed by atoms with Gasteiger partial charge in [0.05, 0.1) is 5.75 Å². The fourth-order valence-corrected chi connectivity index (χ4v) is 3.46. The molecule has 0 aliphatic carbocycles. The third kappa shape index (κ3) is 4.56. The summed E-state index contributed by atoms with van der Waals surface area (Å²) >= 11 is 2.88. The van der Waals surface area contributed by atoms with E-state index < -0.39 is 5.97 Å². The molecule has 1 N–H and O–H groups in total. The van der Waals surface area contributed by atoms with Crippen LogP contribution in [-0.2, 0) is 11.3 Å². The summed E-state index contributed by atoms with van der Waals surface area (Å²) in [5, 5.41) is 9.24. The number of hydrogen-bond acceptors (Lipinski definition) is 5. The molecule has 0 atom stereocenters. The van der Waals surface area contributed by atoms with Crippen molar-refractivity contribution in [2.45, 2.75) is 43.1 Å². The van der Waals surface area contributed by atoms with E-state index >= 15 is 0 Å². The molecule has 1 aromatic rings. The smallest absolute Gasteiger partial charge is 0.313 e. The van der Waals surface area contributed by atoms with Gasteiger partial charge >= 0.3 is 5.97 Å². The van der Waals surface area contributed by atoms with Gasteiger partial charge in [-0.15, -0.1) is 0 Å². The minimum atomic E-state index is -0.915. The SMILES string of the molecule is CCC(CC)(Cn1ccc(=O)nc1SCC(=O)O)SC. The number of nitrogens with zero attached hydrogens (tertiary/aromatic N) is 2. The molecule has 1 heterocycles. The van der Waals surface area contributed by atoms with E-state index in [4.69, 9.17) is 5.11 Å². The van der Waals surface area contributed by atoms with Crippen LogP contribution in [0.5, 0.6) is 0 Å². The molecule has 0 amide bonds. The lowest BCUT2D eigenvalue weighted by atomic mass is 10.0. The molecule has 20 heavy (non-hydrogen) atoms. The molecule has 1 rings (SSSR count). The molecule has 0 aliphatic heterocycles. The molecule has 0 aromatic carbocycles. The van der Waals surface area contributed by atoms with Crippen LogP contribution in [0.25, 0.3) is 0 Å². The van der Waals surface area contributed by atoms with Crippen molar-refractivity contribution in [2.24, 2.45) is 0 Å². The standard InChI is InChI=1S/C13H20N2O3S2/c1-4-13(5-2,19-3)9-15-7-6-10(16)14-12(15)20-8-11(17)18/h6-7H,4-5,8-9H2,1-3H3,(H,17,18). The summed E-state index contributed by atoms with van der Waals surface area (Å²) in [5.74, 6) is -1.01. The zero-order chi connectivity index (χ0) is 15.2. The minimum Gasteiger partial charge on any atom is -0.481 e. The predicted molar refractivity (Wildman–Crippen MR) is 83.7 cm³/mol. The van der Waals surface area contributed by atoms with Crippen molar-refractivity contribution < 1.29 is 9.90 Å². The number of carboxylic acids is 1. The third-order valence-electron chi connectivity index (χ3n) is 3.35. The van der Waals surface area contributed by atoms with Crippen LogP contribution in [0.1, 0.15) is 26.7 Å². The van der Waals surface area contributed by atoms with Gasteiger partial charge in [0.25, 0.3) is 5.56 Å². The average Bonchev–Trinajstić information content (AvgIpc) is 2.44. The lowest BCUT2D eigenvalue weighted by Crippen LogP contribution is -2.30. The van der Waals surface area contributed by atoms with Gasteiger partial charge in [-0.05, 0) is 19.1 Å². The molecule has 5 nitrogen and oxygen atoms in total. The number of rotatable bonds is 8. The van der Waals surface area contributed by atoms with Crippen molar-refractivity contribution in [3.05, 3.63) is 22.6 Å². The first-order valence-corrected chi connectivity index (χ1v) is 8.64. The summed E-state index contributed by atoms with van der Waals surface area (Å²) in [6.07, 6.45) is 5.78. The van der Waals surface area contributed by atoms with Crippen LogP contribution in [0.4, 0.5) is 0 Å². The van der Waals surface area contributed by atoms with E-state index in [1.165, 1.54) is 6.07 Å². The first-order valence-electron chi connectivity index (χ1n) is 6.43. The highest BCUT2D eigenvalue weighted by atomic mass is 32.2. The van der Waals surface area contributed by atoms with Gasteiger partial charge in [0.15, 0.2) is 5.16 Å². The Kier molecular flexibility index (Phi) is 6.61. The number of hydrogen-bond donors (Lipinski definition) is 1. The van der Waals surface area contributed by atoms with Gasteiger partial charge < -0.3 is 9.67 Å². The topological polar surface area (TPSA) is 72.2 Å². The molecular weight excluding hydrogens is 296 g/mol. The van der Waals surface area contributed by atoms with Crippen molar-refractivity contribution in [1.29, 1.82) is 0 Å². The Morgan fingerprint density at radius 2 is 2.10 bits per heavy atom. The maximum atomic E-state index is 11.4. The Hall–Kier alpha value is -0.950. The predicted octanol–water partition coefficient (Wildman–Crippen LogP) is 2.34. The Labute approximate surface area is 127 Å². The summed E-state index contributed by atoms with van der Waals surface area (Å²) in [4.78, 5) is 26.0. The second kappa shape index (κ2) is 7.73. The van der Waals surface area contributed by atoms with E-state index in [-0.39, 0.29) is 16.1 Å². The van der Waals surface area contributed by atoms with Crippen LogP contribution < -0.4 is 5.56 Å². The van der Waals surface area contributed by atoms with E-state index in [0.717, 1.165) is 31.1 Å². The highest BCUT2D eigenvalue weighted by Crippen LogP contribution is 2.33. The van der Waals surface area contributed by atoms with E-state index in [0.29, 0.717) is 5.16 Å². The lowest BCUT2D eigenvalue weighted by molar-refractivity contribution is -0.133. The normalized spacial score (nSPS) is 11.6. The zero-order valence-electron chi connectivity index (χ0n) is 12.0. The Balaban J connectivity index is 3.04. The second-order valence-corrected chi connectivity index (χ2v) is 6.67. The number of aliphatic carboxylic acids is 1. The Bertz CT molecular complexity index is 504. The van der Waals surface area contributed by atoms with Crippen molar-refractivity contribution in [2.75, 3.05) is 12.0 Å². The van der Waals surface area contributed by atoms with E-state index in [2.05, 4.69) is 25.1 Å². The molecule has 0 unspecified atom stereocenters. The maximum Gasteiger partial charge on any atom is 0.313 e. The van der Waals surface area contributed by atoms with E-state index in [1.54, 1.807) is 18.0 Å². The second-order valence-electron chi connectivity index (χ2n) is 4.45. The van der Waals surface area contributed by atoms with Crippen molar-refractivity contribution in [1.82, 2.24) is 9.55 Å². The number of carbonyl (C=O) groups is 1. The summed E-state index contributed by atoms with van der Waals surface area (Å²) in [6.45, 7) is 5.00. The molecule has 7 heteroatoms. The van der Waals surface area contributed by atoms with Crippen LogP contribution in [0.2, 0.25) is 0 Å². The van der Waals surface area contributed by atoms with Crippen molar-refractivity contribution >= 4 is 29.5 Å². The molecule has 0 aliphatic rings. The maximum absolute atomic E-state index is 11.4. The fraction of sp³-hybridized carbons (Fsp3) is 0.615. The van der Waals surface area contributed by atoms with Gasteiger partial charge in [-0.25, -0.2) is 0 Å².